The van der Waals surface area contributed by atoms with Crippen LogP contribution in [-0.4, -0.2) is 52.0 Å². The minimum Gasteiger partial charge on any atom is -0.469 e. The van der Waals surface area contributed by atoms with E-state index in [0.717, 1.165) is 48.9 Å². The first-order valence-electron chi connectivity index (χ1n) is 13.7. The van der Waals surface area contributed by atoms with Crippen LogP contribution in [0, 0.1) is 17.3 Å². The van der Waals surface area contributed by atoms with E-state index in [1.807, 2.05) is 29.3 Å². The number of ether oxygens (including phenoxy) is 1. The van der Waals surface area contributed by atoms with Crippen molar-refractivity contribution in [2.75, 3.05) is 12.4 Å². The van der Waals surface area contributed by atoms with Crippen LogP contribution in [0.4, 0.5) is 5.95 Å². The van der Waals surface area contributed by atoms with Gasteiger partial charge in [0.1, 0.15) is 0 Å². The molecule has 2 aliphatic heterocycles. The van der Waals surface area contributed by atoms with Crippen molar-refractivity contribution in [1.29, 1.82) is 0 Å². The largest absolute Gasteiger partial charge is 0.469 e. The van der Waals surface area contributed by atoms with Crippen molar-refractivity contribution in [3.8, 4) is 0 Å². The van der Waals surface area contributed by atoms with E-state index < -0.39 is 0 Å². The number of aromatic nitrogens is 2. The number of amides is 1. The first-order valence-corrected chi connectivity index (χ1v) is 13.7. The molecule has 2 aromatic rings. The van der Waals surface area contributed by atoms with Crippen LogP contribution in [0.15, 0.2) is 24.4 Å². The maximum atomic E-state index is 13.6. The molecule has 7 heteroatoms. The van der Waals surface area contributed by atoms with Crippen molar-refractivity contribution in [2.45, 2.75) is 96.7 Å². The Bertz CT molecular complexity index is 1110. The Morgan fingerprint density at radius 1 is 1.03 bits per heavy atom. The monoisotopic (exact) mass is 492 g/mol. The number of anilines is 1. The lowest BCUT2D eigenvalue weighted by Gasteiger charge is -2.48. The number of hydrogen-bond acceptors (Lipinski definition) is 6. The van der Waals surface area contributed by atoms with Crippen molar-refractivity contribution in [3.63, 3.8) is 0 Å². The van der Waals surface area contributed by atoms with E-state index >= 15 is 0 Å². The van der Waals surface area contributed by atoms with Gasteiger partial charge < -0.3 is 15.0 Å². The van der Waals surface area contributed by atoms with Gasteiger partial charge in [0.25, 0.3) is 5.91 Å². The molecule has 0 spiro atoms. The Morgan fingerprint density at radius 3 is 2.36 bits per heavy atom. The van der Waals surface area contributed by atoms with Gasteiger partial charge in [0.2, 0.25) is 5.95 Å². The summed E-state index contributed by atoms with van der Waals surface area (Å²) in [6.07, 6.45) is 11.0. The zero-order valence-electron chi connectivity index (χ0n) is 22.1. The van der Waals surface area contributed by atoms with Crippen molar-refractivity contribution in [3.05, 3.63) is 30.0 Å². The molecule has 2 unspecified atom stereocenters. The van der Waals surface area contributed by atoms with E-state index in [2.05, 4.69) is 31.1 Å². The first-order chi connectivity index (χ1) is 17.2. The minimum absolute atomic E-state index is 0.0488. The number of esters is 1. The van der Waals surface area contributed by atoms with E-state index in [1.54, 1.807) is 0 Å². The lowest BCUT2D eigenvalue weighted by atomic mass is 9.71. The second kappa shape index (κ2) is 9.98. The molecule has 36 heavy (non-hydrogen) atoms. The van der Waals surface area contributed by atoms with Crippen molar-refractivity contribution in [1.82, 2.24) is 14.9 Å². The van der Waals surface area contributed by atoms with Crippen LogP contribution in [0.25, 0.3) is 10.9 Å². The number of piperidine rings is 2. The fraction of sp³-hybridized carbons (Fsp3) is 0.655. The summed E-state index contributed by atoms with van der Waals surface area (Å²) < 4.78 is 5.00. The van der Waals surface area contributed by atoms with Crippen molar-refractivity contribution in [2.24, 2.45) is 17.3 Å². The summed E-state index contributed by atoms with van der Waals surface area (Å²) in [6.45, 7) is 7.02. The molecule has 0 radical (unpaired) electrons. The second-order valence-corrected chi connectivity index (χ2v) is 12.2. The van der Waals surface area contributed by atoms with Gasteiger partial charge in [0.05, 0.1) is 18.5 Å². The number of benzene rings is 1. The molecule has 7 nitrogen and oxygen atoms in total. The standard InChI is InChI=1S/C29H40N4O3/c1-29(2,3)21-9-11-22(12-10-21)31-28-30-17-20-14-18(8-13-25(20)32-28)26(34)33-23-6-5-7-24(33)16-19(15-23)27(35)36-4/h8,13-14,17,19,21-24H,5-7,9-12,15-16H2,1-4H3,(H,30,31,32). The summed E-state index contributed by atoms with van der Waals surface area (Å²) in [5.41, 5.74) is 1.88. The molecule has 3 fully saturated rings. The quantitative estimate of drug-likeness (QED) is 0.560. The molecular weight excluding hydrogens is 452 g/mol. The van der Waals surface area contributed by atoms with Gasteiger partial charge in [-0.15, -0.1) is 0 Å². The van der Waals surface area contributed by atoms with E-state index in [9.17, 15) is 9.59 Å². The second-order valence-electron chi connectivity index (χ2n) is 12.2. The van der Waals surface area contributed by atoms with Gasteiger partial charge in [-0.2, -0.15) is 0 Å². The van der Waals surface area contributed by atoms with Crippen LogP contribution in [0.2, 0.25) is 0 Å². The Morgan fingerprint density at radius 2 is 1.72 bits per heavy atom. The first kappa shape index (κ1) is 25.0. The fourth-order valence-corrected chi connectivity index (χ4v) is 6.74. The van der Waals surface area contributed by atoms with Gasteiger partial charge >= 0.3 is 5.97 Å². The Kier molecular flexibility index (Phi) is 6.92. The lowest BCUT2D eigenvalue weighted by Crippen LogP contribution is -2.55. The summed E-state index contributed by atoms with van der Waals surface area (Å²) in [4.78, 5) is 37.1. The highest BCUT2D eigenvalue weighted by Crippen LogP contribution is 2.39. The van der Waals surface area contributed by atoms with Crippen LogP contribution in [-0.2, 0) is 9.53 Å². The van der Waals surface area contributed by atoms with E-state index in [4.69, 9.17) is 9.72 Å². The molecule has 2 atom stereocenters. The summed E-state index contributed by atoms with van der Waals surface area (Å²) in [7, 11) is 1.45. The Hall–Kier alpha value is -2.70. The molecule has 2 saturated heterocycles. The molecule has 1 aromatic carbocycles. The van der Waals surface area contributed by atoms with Gasteiger partial charge in [0.15, 0.2) is 0 Å². The third-order valence-corrected chi connectivity index (χ3v) is 8.86. The lowest BCUT2D eigenvalue weighted by molar-refractivity contribution is -0.149. The normalized spacial score (nSPS) is 28.6. The third-order valence-electron chi connectivity index (χ3n) is 8.86. The summed E-state index contributed by atoms with van der Waals surface area (Å²) in [5.74, 6) is 1.24. The van der Waals surface area contributed by atoms with Crippen LogP contribution < -0.4 is 5.32 Å². The fourth-order valence-electron chi connectivity index (χ4n) is 6.74. The number of carbonyl (C=O) groups is 2. The van der Waals surface area contributed by atoms with E-state index in [0.29, 0.717) is 35.8 Å². The molecule has 1 aromatic heterocycles. The average molecular weight is 493 g/mol. The number of rotatable bonds is 4. The maximum Gasteiger partial charge on any atom is 0.308 e. The number of fused-ring (bicyclic) bond motifs is 3. The molecule has 1 aliphatic carbocycles. The van der Waals surface area contributed by atoms with Gasteiger partial charge in [-0.05, 0) is 87.3 Å². The number of methoxy groups -OCH3 is 1. The highest BCUT2D eigenvalue weighted by atomic mass is 16.5. The van der Waals surface area contributed by atoms with Crippen LogP contribution in [0.5, 0.6) is 0 Å². The number of nitrogens with zero attached hydrogens (tertiary/aromatic N) is 3. The topological polar surface area (TPSA) is 84.4 Å². The van der Waals surface area contributed by atoms with Crippen LogP contribution in [0.3, 0.4) is 0 Å². The smallest absolute Gasteiger partial charge is 0.308 e. The van der Waals surface area contributed by atoms with Crippen LogP contribution >= 0.6 is 0 Å². The predicted octanol–water partition coefficient (Wildman–Crippen LogP) is 5.59. The van der Waals surface area contributed by atoms with Gasteiger partial charge in [-0.25, -0.2) is 9.97 Å². The predicted molar refractivity (Wildman–Crippen MR) is 141 cm³/mol. The van der Waals surface area contributed by atoms with E-state index in [1.165, 1.54) is 20.0 Å². The number of nitrogens with one attached hydrogen (secondary N) is 1. The average Bonchev–Trinajstić information content (AvgIpc) is 2.86. The molecule has 1 amide bonds. The number of carbonyl (C=O) groups excluding carboxylic acids is 2. The molecule has 1 N–H and O–H groups in total. The summed E-state index contributed by atoms with van der Waals surface area (Å²) in [6, 6.07) is 6.34. The van der Waals surface area contributed by atoms with Gasteiger partial charge in [-0.3, -0.25) is 9.59 Å². The third kappa shape index (κ3) is 5.07. The highest BCUT2D eigenvalue weighted by Gasteiger charge is 2.43. The Labute approximate surface area is 214 Å². The van der Waals surface area contributed by atoms with Crippen LogP contribution in [0.1, 0.15) is 88.9 Å². The minimum atomic E-state index is -0.145. The number of hydrogen-bond donors (Lipinski definition) is 1. The van der Waals surface area contributed by atoms with Gasteiger partial charge in [-0.1, -0.05) is 20.8 Å². The van der Waals surface area contributed by atoms with Crippen molar-refractivity contribution < 1.29 is 14.3 Å². The molecule has 1 saturated carbocycles. The zero-order chi connectivity index (χ0) is 25.4. The molecular formula is C29H40N4O3. The summed E-state index contributed by atoms with van der Waals surface area (Å²) in [5, 5.41) is 4.42. The highest BCUT2D eigenvalue weighted by molar-refractivity contribution is 5.98. The maximum absolute atomic E-state index is 13.6. The van der Waals surface area contributed by atoms with Gasteiger partial charge in [0, 0.05) is 35.3 Å². The molecule has 2 bridgehead atoms. The molecule has 3 aliphatic rings. The Balaban J connectivity index is 1.27. The molecule has 5 rings (SSSR count). The molecule has 194 valence electrons. The van der Waals surface area contributed by atoms with Crippen molar-refractivity contribution >= 4 is 28.7 Å². The summed E-state index contributed by atoms with van der Waals surface area (Å²) >= 11 is 0. The van der Waals surface area contributed by atoms with E-state index in [-0.39, 0.29) is 29.9 Å². The SMILES string of the molecule is COC(=O)C1CC2CCCC(C1)N2C(=O)c1ccc2nc(NC3CCC(C(C)(C)C)CC3)ncc2c1. The zero-order valence-corrected chi connectivity index (χ0v) is 22.1. The molecule has 3 heterocycles.